The first kappa shape index (κ1) is 21.6. The van der Waals surface area contributed by atoms with Crippen LogP contribution in [0.1, 0.15) is 23.2 Å². The number of thioether (sulfide) groups is 1. The number of aromatic amines is 2. The van der Waals surface area contributed by atoms with Crippen LogP contribution < -0.4 is 5.56 Å². The lowest BCUT2D eigenvalue weighted by Gasteiger charge is -2.25. The summed E-state index contributed by atoms with van der Waals surface area (Å²) in [4.78, 5) is 36.8. The van der Waals surface area contributed by atoms with Gasteiger partial charge in [-0.25, -0.2) is 13.4 Å². The molecule has 2 aromatic heterocycles. The van der Waals surface area contributed by atoms with E-state index in [1.807, 2.05) is 6.92 Å². The monoisotopic (exact) mass is 461 g/mol. The van der Waals surface area contributed by atoms with Crippen molar-refractivity contribution in [3.63, 3.8) is 0 Å². The number of fused-ring (bicyclic) bond motifs is 1. The molecule has 0 bridgehead atoms. The lowest BCUT2D eigenvalue weighted by atomic mass is 10.2. The molecule has 0 aliphatic carbocycles. The molecular formula is C20H23N5O4S2. The minimum atomic E-state index is -3.64. The molecule has 1 aliphatic rings. The Morgan fingerprint density at radius 2 is 2.00 bits per heavy atom. The van der Waals surface area contributed by atoms with Crippen LogP contribution in [0, 0.1) is 0 Å². The number of carbonyl (C=O) groups is 1. The maximum absolute atomic E-state index is 13.0. The molecule has 0 saturated carbocycles. The number of carbonyl (C=O) groups excluding carboxylic acids is 1. The predicted octanol–water partition coefficient (Wildman–Crippen LogP) is 1.65. The molecule has 164 valence electrons. The molecule has 11 heteroatoms. The van der Waals surface area contributed by atoms with Gasteiger partial charge in [0.2, 0.25) is 10.0 Å². The average molecular weight is 462 g/mol. The second-order valence-electron chi connectivity index (χ2n) is 7.11. The fourth-order valence-corrected chi connectivity index (χ4v) is 6.04. The van der Waals surface area contributed by atoms with Gasteiger partial charge in [-0.15, -0.1) is 0 Å². The van der Waals surface area contributed by atoms with Crippen LogP contribution in [0.5, 0.6) is 0 Å². The van der Waals surface area contributed by atoms with Crippen molar-refractivity contribution in [1.29, 1.82) is 0 Å². The molecule has 1 saturated heterocycles. The Kier molecular flexibility index (Phi) is 6.17. The number of amides is 1. The minimum Gasteiger partial charge on any atom is -0.356 e. The molecule has 1 aliphatic heterocycles. The van der Waals surface area contributed by atoms with Crippen LogP contribution in [0.4, 0.5) is 0 Å². The van der Waals surface area contributed by atoms with Gasteiger partial charge in [0.15, 0.2) is 0 Å². The van der Waals surface area contributed by atoms with Gasteiger partial charge in [0, 0.05) is 37.3 Å². The summed E-state index contributed by atoms with van der Waals surface area (Å²) in [5, 5.41) is 0.482. The molecule has 1 fully saturated rings. The lowest BCUT2D eigenvalue weighted by Crippen LogP contribution is -2.37. The quantitative estimate of drug-likeness (QED) is 0.576. The van der Waals surface area contributed by atoms with Crippen molar-refractivity contribution in [3.8, 4) is 0 Å². The maximum atomic E-state index is 13.0. The van der Waals surface area contributed by atoms with Gasteiger partial charge in [0.1, 0.15) is 16.4 Å². The molecule has 3 aromatic rings. The van der Waals surface area contributed by atoms with Gasteiger partial charge < -0.3 is 14.9 Å². The van der Waals surface area contributed by atoms with E-state index in [4.69, 9.17) is 0 Å². The number of aromatic nitrogens is 3. The summed E-state index contributed by atoms with van der Waals surface area (Å²) in [6.45, 7) is 3.19. The molecule has 4 rings (SSSR count). The highest BCUT2D eigenvalue weighted by Crippen LogP contribution is 2.21. The molecule has 0 unspecified atom stereocenters. The van der Waals surface area contributed by atoms with Gasteiger partial charge in [-0.2, -0.15) is 16.1 Å². The summed E-state index contributed by atoms with van der Waals surface area (Å²) in [6.07, 6.45) is 1.36. The van der Waals surface area contributed by atoms with E-state index < -0.39 is 10.0 Å². The van der Waals surface area contributed by atoms with Crippen molar-refractivity contribution in [2.45, 2.75) is 18.4 Å². The summed E-state index contributed by atoms with van der Waals surface area (Å²) in [6, 6.07) is 8.37. The third-order valence-electron chi connectivity index (χ3n) is 5.17. The van der Waals surface area contributed by atoms with Crippen LogP contribution in [0.2, 0.25) is 0 Å². The molecule has 9 nitrogen and oxygen atoms in total. The van der Waals surface area contributed by atoms with Crippen LogP contribution in [0.25, 0.3) is 10.9 Å². The molecule has 1 amide bonds. The highest BCUT2D eigenvalue weighted by Gasteiger charge is 2.28. The summed E-state index contributed by atoms with van der Waals surface area (Å²) < 4.78 is 27.1. The summed E-state index contributed by atoms with van der Waals surface area (Å²) in [7, 11) is -3.64. The number of benzene rings is 1. The molecule has 1 aromatic carbocycles. The van der Waals surface area contributed by atoms with E-state index >= 15 is 0 Å². The van der Waals surface area contributed by atoms with Crippen molar-refractivity contribution < 1.29 is 13.2 Å². The first-order valence-corrected chi connectivity index (χ1v) is 12.5. The van der Waals surface area contributed by atoms with Gasteiger partial charge in [0.05, 0.1) is 17.4 Å². The topological polar surface area (TPSA) is 119 Å². The predicted molar refractivity (Wildman–Crippen MR) is 120 cm³/mol. The Hall–Kier alpha value is -2.63. The van der Waals surface area contributed by atoms with Crippen LogP contribution in [-0.2, 0) is 16.6 Å². The molecule has 0 atom stereocenters. The Labute approximate surface area is 183 Å². The normalized spacial score (nSPS) is 15.3. The summed E-state index contributed by atoms with van der Waals surface area (Å²) in [5.74, 6) is 1.52. The van der Waals surface area contributed by atoms with E-state index in [1.54, 1.807) is 36.0 Å². The van der Waals surface area contributed by atoms with Crippen molar-refractivity contribution in [2.24, 2.45) is 0 Å². The zero-order valence-electron chi connectivity index (χ0n) is 17.0. The number of para-hydroxylation sites is 1. The Bertz CT molecular complexity index is 1260. The maximum Gasteiger partial charge on any atom is 0.270 e. The van der Waals surface area contributed by atoms with E-state index in [9.17, 15) is 18.0 Å². The summed E-state index contributed by atoms with van der Waals surface area (Å²) >= 11 is 1.72. The Balaban J connectivity index is 1.55. The Morgan fingerprint density at radius 1 is 1.26 bits per heavy atom. The zero-order chi connectivity index (χ0) is 22.0. The SMILES string of the molecule is CCN(Cc1nc2ccccc2c(=O)[nH]1)C(=O)c1cc(S(=O)(=O)N2CCSCC2)c[nH]1. The third kappa shape index (κ3) is 4.39. The van der Waals surface area contributed by atoms with Gasteiger partial charge in [-0.1, -0.05) is 12.1 Å². The van der Waals surface area contributed by atoms with Crippen LogP contribution in [0.15, 0.2) is 46.2 Å². The van der Waals surface area contributed by atoms with E-state index in [0.717, 1.165) is 11.5 Å². The number of rotatable bonds is 6. The molecular weight excluding hydrogens is 438 g/mol. The molecule has 0 radical (unpaired) electrons. The second kappa shape index (κ2) is 8.85. The molecule has 31 heavy (non-hydrogen) atoms. The smallest absolute Gasteiger partial charge is 0.270 e. The number of nitrogens with zero attached hydrogens (tertiary/aromatic N) is 3. The number of hydrogen-bond acceptors (Lipinski definition) is 6. The lowest BCUT2D eigenvalue weighted by molar-refractivity contribution is 0.0743. The van der Waals surface area contributed by atoms with Crippen molar-refractivity contribution >= 4 is 38.6 Å². The highest BCUT2D eigenvalue weighted by molar-refractivity contribution is 7.99. The fraction of sp³-hybridized carbons (Fsp3) is 0.350. The first-order valence-electron chi connectivity index (χ1n) is 9.93. The standard InChI is InChI=1S/C20H23N5O4S2/c1-2-24(13-18-22-16-6-4-3-5-15(16)19(26)23-18)20(27)17-11-14(12-21-17)31(28,29)25-7-9-30-10-8-25/h3-6,11-12,21H,2,7-10,13H2,1H3,(H,22,23,26). The van der Waals surface area contributed by atoms with E-state index in [2.05, 4.69) is 15.0 Å². The van der Waals surface area contributed by atoms with E-state index in [0.29, 0.717) is 36.4 Å². The van der Waals surface area contributed by atoms with E-state index in [-0.39, 0.29) is 28.6 Å². The van der Waals surface area contributed by atoms with Gasteiger partial charge in [-0.05, 0) is 25.1 Å². The minimum absolute atomic E-state index is 0.0797. The second-order valence-corrected chi connectivity index (χ2v) is 10.3. The number of nitrogens with one attached hydrogen (secondary N) is 2. The highest BCUT2D eigenvalue weighted by atomic mass is 32.2. The van der Waals surface area contributed by atoms with Gasteiger partial charge >= 0.3 is 0 Å². The van der Waals surface area contributed by atoms with Crippen LogP contribution in [-0.4, -0.2) is 69.6 Å². The van der Waals surface area contributed by atoms with Gasteiger partial charge in [0.25, 0.3) is 11.5 Å². The zero-order valence-corrected chi connectivity index (χ0v) is 18.6. The molecule has 3 heterocycles. The first-order chi connectivity index (χ1) is 14.9. The average Bonchev–Trinajstić information content (AvgIpc) is 3.29. The number of H-pyrrole nitrogens is 2. The third-order valence-corrected chi connectivity index (χ3v) is 7.99. The van der Waals surface area contributed by atoms with Crippen molar-refractivity contribution in [1.82, 2.24) is 24.2 Å². The number of hydrogen-bond donors (Lipinski definition) is 2. The van der Waals surface area contributed by atoms with Crippen molar-refractivity contribution in [2.75, 3.05) is 31.1 Å². The Morgan fingerprint density at radius 3 is 2.74 bits per heavy atom. The van der Waals surface area contributed by atoms with Crippen LogP contribution >= 0.6 is 11.8 Å². The largest absolute Gasteiger partial charge is 0.356 e. The van der Waals surface area contributed by atoms with Gasteiger partial charge in [-0.3, -0.25) is 9.59 Å². The fourth-order valence-electron chi connectivity index (χ4n) is 3.47. The summed E-state index contributed by atoms with van der Waals surface area (Å²) in [5.41, 5.74) is 0.463. The van der Waals surface area contributed by atoms with Crippen LogP contribution in [0.3, 0.4) is 0 Å². The van der Waals surface area contributed by atoms with Crippen molar-refractivity contribution in [3.05, 3.63) is 58.4 Å². The molecule has 0 spiro atoms. The molecule has 2 N–H and O–H groups in total. The van der Waals surface area contributed by atoms with E-state index in [1.165, 1.54) is 21.5 Å². The number of sulfonamides is 1.